The lowest BCUT2D eigenvalue weighted by Crippen LogP contribution is -2.41. The van der Waals surface area contributed by atoms with Gasteiger partial charge in [0.2, 0.25) is 5.91 Å². The largest absolute Gasteiger partial charge is 0.490 e. The SMILES string of the molecule is CCOC(=O)CC1c2cc(OCC)c(OCC)cc2CCN1CC(=O)Nc1cccc(CC)c1. The number of hydrogen-bond acceptors (Lipinski definition) is 6. The highest BCUT2D eigenvalue weighted by atomic mass is 16.5. The van der Waals surface area contributed by atoms with Crippen molar-refractivity contribution in [1.29, 1.82) is 0 Å². The van der Waals surface area contributed by atoms with Gasteiger partial charge in [-0.15, -0.1) is 0 Å². The van der Waals surface area contributed by atoms with E-state index < -0.39 is 0 Å². The maximum atomic E-state index is 12.9. The van der Waals surface area contributed by atoms with E-state index in [1.54, 1.807) is 6.92 Å². The molecule has 7 heteroatoms. The normalized spacial score (nSPS) is 15.4. The Hall–Kier alpha value is -3.06. The Kier molecular flexibility index (Phi) is 9.33. The highest BCUT2D eigenvalue weighted by Gasteiger charge is 2.32. The number of anilines is 1. The number of nitrogens with one attached hydrogen (secondary N) is 1. The summed E-state index contributed by atoms with van der Waals surface area (Å²) >= 11 is 0. The topological polar surface area (TPSA) is 77.1 Å². The van der Waals surface area contributed by atoms with E-state index in [0.29, 0.717) is 37.9 Å². The second-order valence-corrected chi connectivity index (χ2v) is 8.21. The Morgan fingerprint density at radius 1 is 1.00 bits per heavy atom. The van der Waals surface area contributed by atoms with Gasteiger partial charge in [-0.3, -0.25) is 14.5 Å². The van der Waals surface area contributed by atoms with Crippen molar-refractivity contribution in [3.05, 3.63) is 53.1 Å². The number of nitrogens with zero attached hydrogens (tertiary/aromatic N) is 1. The number of amides is 1. The number of benzene rings is 2. The summed E-state index contributed by atoms with van der Waals surface area (Å²) in [5.41, 5.74) is 4.03. The van der Waals surface area contributed by atoms with Crippen molar-refractivity contribution < 1.29 is 23.8 Å². The number of carbonyl (C=O) groups is 2. The van der Waals surface area contributed by atoms with Gasteiger partial charge in [-0.2, -0.15) is 0 Å². The number of hydrogen-bond donors (Lipinski definition) is 1. The van der Waals surface area contributed by atoms with Crippen LogP contribution in [-0.2, 0) is 27.2 Å². The highest BCUT2D eigenvalue weighted by molar-refractivity contribution is 5.92. The lowest BCUT2D eigenvalue weighted by atomic mass is 9.90. The van der Waals surface area contributed by atoms with Crippen LogP contribution in [-0.4, -0.2) is 49.7 Å². The maximum absolute atomic E-state index is 12.9. The Balaban J connectivity index is 1.86. The zero-order chi connectivity index (χ0) is 24.5. The van der Waals surface area contributed by atoms with Gasteiger partial charge in [0.15, 0.2) is 11.5 Å². The van der Waals surface area contributed by atoms with Crippen LogP contribution in [0, 0.1) is 0 Å². The molecule has 0 aliphatic carbocycles. The number of aryl methyl sites for hydroxylation is 1. The quantitative estimate of drug-likeness (QED) is 0.488. The van der Waals surface area contributed by atoms with E-state index in [-0.39, 0.29) is 30.9 Å². The number of fused-ring (bicyclic) bond motifs is 1. The lowest BCUT2D eigenvalue weighted by molar-refractivity contribution is -0.145. The van der Waals surface area contributed by atoms with Crippen LogP contribution < -0.4 is 14.8 Å². The van der Waals surface area contributed by atoms with Crippen molar-refractivity contribution in [3.8, 4) is 11.5 Å². The minimum absolute atomic E-state index is 0.110. The van der Waals surface area contributed by atoms with Gasteiger partial charge in [-0.25, -0.2) is 0 Å². The fourth-order valence-corrected chi connectivity index (χ4v) is 4.36. The molecule has 1 unspecified atom stereocenters. The number of carbonyl (C=O) groups excluding carboxylic acids is 2. The van der Waals surface area contributed by atoms with Crippen molar-refractivity contribution in [2.45, 2.75) is 53.0 Å². The Morgan fingerprint density at radius 2 is 1.74 bits per heavy atom. The summed E-state index contributed by atoms with van der Waals surface area (Å²) in [5, 5.41) is 3.00. The molecule has 7 nitrogen and oxygen atoms in total. The van der Waals surface area contributed by atoms with Crippen LogP contribution in [0.15, 0.2) is 36.4 Å². The lowest BCUT2D eigenvalue weighted by Gasteiger charge is -2.37. The third kappa shape index (κ3) is 6.50. The van der Waals surface area contributed by atoms with Crippen LogP contribution in [0.3, 0.4) is 0 Å². The molecule has 0 bridgehead atoms. The van der Waals surface area contributed by atoms with Crippen molar-refractivity contribution >= 4 is 17.6 Å². The molecule has 0 radical (unpaired) electrons. The first-order valence-electron chi connectivity index (χ1n) is 12.2. The first kappa shape index (κ1) is 25.6. The molecule has 1 aliphatic rings. The molecule has 0 fully saturated rings. The molecule has 1 amide bonds. The molecule has 2 aromatic carbocycles. The molecule has 0 spiro atoms. The third-order valence-electron chi connectivity index (χ3n) is 5.90. The molecule has 184 valence electrons. The number of rotatable bonds is 11. The average Bonchev–Trinajstić information content (AvgIpc) is 2.82. The predicted molar refractivity (Wildman–Crippen MR) is 132 cm³/mol. The van der Waals surface area contributed by atoms with Gasteiger partial charge in [0.25, 0.3) is 0 Å². The molecule has 34 heavy (non-hydrogen) atoms. The zero-order valence-corrected chi connectivity index (χ0v) is 20.7. The maximum Gasteiger partial charge on any atom is 0.307 e. The van der Waals surface area contributed by atoms with Crippen LogP contribution in [0.5, 0.6) is 11.5 Å². The van der Waals surface area contributed by atoms with Crippen LogP contribution >= 0.6 is 0 Å². The minimum Gasteiger partial charge on any atom is -0.490 e. The van der Waals surface area contributed by atoms with Crippen molar-refractivity contribution in [2.24, 2.45) is 0 Å². The zero-order valence-electron chi connectivity index (χ0n) is 20.7. The first-order chi connectivity index (χ1) is 16.5. The fraction of sp³-hybridized carbons (Fsp3) is 0.481. The standard InChI is InChI=1S/C27H36N2O5/c1-5-19-10-9-11-21(14-19)28-26(30)18-29-13-12-20-15-24(32-6-2)25(33-7-3)16-22(20)23(29)17-27(31)34-8-4/h9-11,14-16,23H,5-8,12-13,17-18H2,1-4H3,(H,28,30). The smallest absolute Gasteiger partial charge is 0.307 e. The molecular weight excluding hydrogens is 432 g/mol. The molecule has 0 saturated heterocycles. The molecule has 2 aromatic rings. The Morgan fingerprint density at radius 3 is 2.41 bits per heavy atom. The van der Waals surface area contributed by atoms with E-state index >= 15 is 0 Å². The van der Waals surface area contributed by atoms with Crippen molar-refractivity contribution in [2.75, 3.05) is 38.2 Å². The summed E-state index contributed by atoms with van der Waals surface area (Å²) in [5.74, 6) is 0.967. The van der Waals surface area contributed by atoms with Gasteiger partial charge in [0.1, 0.15) is 0 Å². The van der Waals surface area contributed by atoms with Gasteiger partial charge in [0, 0.05) is 18.3 Å². The van der Waals surface area contributed by atoms with Crippen LogP contribution in [0.1, 0.15) is 56.8 Å². The van der Waals surface area contributed by atoms with E-state index in [1.165, 1.54) is 5.56 Å². The second kappa shape index (κ2) is 12.4. The number of esters is 1. The summed E-state index contributed by atoms with van der Waals surface area (Å²) in [6, 6.07) is 11.5. The van der Waals surface area contributed by atoms with Gasteiger partial charge < -0.3 is 19.5 Å². The molecule has 0 aromatic heterocycles. The highest BCUT2D eigenvalue weighted by Crippen LogP contribution is 2.40. The van der Waals surface area contributed by atoms with Crippen LogP contribution in [0.4, 0.5) is 5.69 Å². The molecule has 3 rings (SSSR count). The Labute approximate surface area is 202 Å². The molecule has 1 atom stereocenters. The molecule has 0 saturated carbocycles. The second-order valence-electron chi connectivity index (χ2n) is 8.21. The van der Waals surface area contributed by atoms with Gasteiger partial charge in [-0.05, 0) is 74.6 Å². The average molecular weight is 469 g/mol. The molecule has 1 heterocycles. The Bertz CT molecular complexity index is 991. The van der Waals surface area contributed by atoms with E-state index in [4.69, 9.17) is 14.2 Å². The van der Waals surface area contributed by atoms with Gasteiger partial charge in [-0.1, -0.05) is 19.1 Å². The summed E-state index contributed by atoms with van der Waals surface area (Å²) in [7, 11) is 0. The van der Waals surface area contributed by atoms with E-state index in [0.717, 1.165) is 29.7 Å². The predicted octanol–water partition coefficient (Wildman–Crippen LogP) is 4.54. The van der Waals surface area contributed by atoms with E-state index in [9.17, 15) is 9.59 Å². The van der Waals surface area contributed by atoms with Crippen molar-refractivity contribution in [1.82, 2.24) is 4.90 Å². The van der Waals surface area contributed by atoms with E-state index in [1.807, 2.05) is 55.1 Å². The van der Waals surface area contributed by atoms with E-state index in [2.05, 4.69) is 12.2 Å². The fourth-order valence-electron chi connectivity index (χ4n) is 4.36. The molecule has 1 N–H and O–H groups in total. The van der Waals surface area contributed by atoms with Crippen LogP contribution in [0.2, 0.25) is 0 Å². The molecular formula is C27H36N2O5. The minimum atomic E-state index is -0.287. The van der Waals surface area contributed by atoms with Crippen LogP contribution in [0.25, 0.3) is 0 Å². The number of ether oxygens (including phenoxy) is 3. The molecule has 1 aliphatic heterocycles. The monoisotopic (exact) mass is 468 g/mol. The van der Waals surface area contributed by atoms with Gasteiger partial charge >= 0.3 is 5.97 Å². The summed E-state index contributed by atoms with van der Waals surface area (Å²) in [4.78, 5) is 27.5. The summed E-state index contributed by atoms with van der Waals surface area (Å²) in [6.07, 6.45) is 1.82. The third-order valence-corrected chi connectivity index (χ3v) is 5.90. The van der Waals surface area contributed by atoms with Crippen molar-refractivity contribution in [3.63, 3.8) is 0 Å². The first-order valence-corrected chi connectivity index (χ1v) is 12.2. The van der Waals surface area contributed by atoms with Gasteiger partial charge in [0.05, 0.1) is 32.8 Å². The summed E-state index contributed by atoms with van der Waals surface area (Å²) in [6.45, 7) is 9.94. The summed E-state index contributed by atoms with van der Waals surface area (Å²) < 4.78 is 16.9.